The summed E-state index contributed by atoms with van der Waals surface area (Å²) in [6, 6.07) is 5.65. The van der Waals surface area contributed by atoms with Gasteiger partial charge in [-0.25, -0.2) is 0 Å². The molecule has 3 aliphatic rings. The van der Waals surface area contributed by atoms with Crippen molar-refractivity contribution in [3.63, 3.8) is 0 Å². The number of benzene rings is 2. The van der Waals surface area contributed by atoms with E-state index in [1.807, 2.05) is 0 Å². The molecule has 0 radical (unpaired) electrons. The molecule has 2 aromatic carbocycles. The van der Waals surface area contributed by atoms with Gasteiger partial charge in [-0.1, -0.05) is 31.2 Å². The van der Waals surface area contributed by atoms with Crippen LogP contribution in [0.4, 0.5) is 0 Å². The quantitative estimate of drug-likeness (QED) is 0.350. The number of nitrogens with two attached hydrogens (primary N) is 1. The van der Waals surface area contributed by atoms with Crippen LogP contribution in [0.5, 0.6) is 11.5 Å². The van der Waals surface area contributed by atoms with E-state index in [0.29, 0.717) is 6.42 Å². The molecule has 0 saturated carbocycles. The highest BCUT2D eigenvalue weighted by molar-refractivity contribution is 6.30. The first-order chi connectivity index (χ1) is 16.6. The van der Waals surface area contributed by atoms with Crippen LogP contribution < -0.4 is 5.73 Å². The Balaban J connectivity index is 1.64. The van der Waals surface area contributed by atoms with Gasteiger partial charge in [0.05, 0.1) is 35.0 Å². The van der Waals surface area contributed by atoms with E-state index in [1.54, 1.807) is 26.0 Å². The summed E-state index contributed by atoms with van der Waals surface area (Å²) in [5.41, 5.74) is 4.79. The van der Waals surface area contributed by atoms with Gasteiger partial charge in [0.25, 0.3) is 0 Å². The second kappa shape index (κ2) is 8.39. The highest BCUT2D eigenvalue weighted by Crippen LogP contribution is 2.52. The van der Waals surface area contributed by atoms with Crippen LogP contribution in [0.1, 0.15) is 82.2 Å². The molecule has 0 spiro atoms. The molecule has 6 atom stereocenters. The van der Waals surface area contributed by atoms with Crippen molar-refractivity contribution < 1.29 is 39.5 Å². The van der Waals surface area contributed by atoms with E-state index in [-0.39, 0.29) is 52.6 Å². The van der Waals surface area contributed by atoms with Crippen LogP contribution in [-0.2, 0) is 15.9 Å². The van der Waals surface area contributed by atoms with Crippen LogP contribution in [0.25, 0.3) is 0 Å². The number of rotatable bonds is 3. The Morgan fingerprint density at radius 3 is 2.29 bits per heavy atom. The first-order valence-corrected chi connectivity index (χ1v) is 11.8. The Bertz CT molecular complexity index is 1210. The number of phenols is 2. The zero-order valence-electron chi connectivity index (χ0n) is 19.5. The van der Waals surface area contributed by atoms with E-state index >= 15 is 0 Å². The fourth-order valence-corrected chi connectivity index (χ4v) is 5.50. The van der Waals surface area contributed by atoms with E-state index in [1.165, 1.54) is 12.1 Å². The van der Waals surface area contributed by atoms with Crippen molar-refractivity contribution in [1.82, 2.24) is 0 Å². The lowest BCUT2D eigenvalue weighted by Gasteiger charge is -2.42. The second-order valence-electron chi connectivity index (χ2n) is 9.79. The maximum Gasteiger partial charge on any atom is 0.198 e. The van der Waals surface area contributed by atoms with Gasteiger partial charge in [0.15, 0.2) is 17.9 Å². The number of hydrogen-bond donors (Lipinski definition) is 5. The summed E-state index contributed by atoms with van der Waals surface area (Å²) in [5.74, 6) is -2.03. The van der Waals surface area contributed by atoms with Gasteiger partial charge in [-0.3, -0.25) is 9.59 Å². The Kier molecular flexibility index (Phi) is 5.73. The van der Waals surface area contributed by atoms with Gasteiger partial charge in [-0.2, -0.15) is 0 Å². The number of aliphatic hydroxyl groups excluding tert-OH is 1. The molecule has 35 heavy (non-hydrogen) atoms. The summed E-state index contributed by atoms with van der Waals surface area (Å²) in [6.07, 6.45) is -2.76. The van der Waals surface area contributed by atoms with Crippen LogP contribution in [0.15, 0.2) is 24.3 Å². The van der Waals surface area contributed by atoms with Gasteiger partial charge in [0.1, 0.15) is 11.5 Å². The van der Waals surface area contributed by atoms with E-state index in [9.17, 15) is 30.0 Å². The third kappa shape index (κ3) is 3.66. The molecule has 5 rings (SSSR count). The molecule has 1 aliphatic heterocycles. The summed E-state index contributed by atoms with van der Waals surface area (Å²) in [6.45, 7) is 3.45. The molecule has 1 heterocycles. The van der Waals surface area contributed by atoms with Crippen LogP contribution in [0.2, 0.25) is 0 Å². The topological polar surface area (TPSA) is 160 Å². The molecule has 0 amide bonds. The van der Waals surface area contributed by atoms with Crippen LogP contribution >= 0.6 is 0 Å². The summed E-state index contributed by atoms with van der Waals surface area (Å²) < 4.78 is 11.9. The van der Waals surface area contributed by atoms with Gasteiger partial charge in [-0.05, 0) is 13.3 Å². The van der Waals surface area contributed by atoms with Crippen molar-refractivity contribution in [3.8, 4) is 11.5 Å². The molecule has 1 fully saturated rings. The smallest absolute Gasteiger partial charge is 0.198 e. The van der Waals surface area contributed by atoms with Crippen molar-refractivity contribution in [3.05, 3.63) is 57.6 Å². The number of fused-ring (bicyclic) bond motifs is 3. The molecule has 0 bridgehead atoms. The number of aliphatic hydroxyl groups is 2. The lowest BCUT2D eigenvalue weighted by molar-refractivity contribution is -0.247. The molecule has 6 N–H and O–H groups in total. The monoisotopic (exact) mass is 483 g/mol. The maximum atomic E-state index is 13.3. The SMILES string of the molecule is CC[C@]1(O)Cc2c(O)c3c(c(O)c2[C@@H](O[C@@H]2C[C@@H](N)[C@@H](O)[C@@H](C)O2)C1)C(=O)c1ccccc1C3=O. The Hall–Kier alpha value is -2.82. The van der Waals surface area contributed by atoms with E-state index < -0.39 is 59.3 Å². The van der Waals surface area contributed by atoms with E-state index in [0.717, 1.165) is 0 Å². The number of aromatic hydroxyl groups is 2. The summed E-state index contributed by atoms with van der Waals surface area (Å²) in [7, 11) is 0. The molecular formula is C26H29NO8. The van der Waals surface area contributed by atoms with Crippen LogP contribution in [-0.4, -0.2) is 62.1 Å². The number of carbonyl (C=O) groups is 2. The molecule has 9 heteroatoms. The minimum atomic E-state index is -1.29. The molecule has 2 aromatic rings. The number of carbonyl (C=O) groups excluding carboxylic acids is 2. The van der Waals surface area contributed by atoms with Crippen LogP contribution in [0, 0.1) is 0 Å². The second-order valence-corrected chi connectivity index (χ2v) is 9.79. The van der Waals surface area contributed by atoms with Gasteiger partial charge in [0.2, 0.25) is 0 Å². The average molecular weight is 484 g/mol. The number of phenolic OH excluding ortho intramolecular Hbond substituents is 2. The zero-order chi connectivity index (χ0) is 25.2. The molecular weight excluding hydrogens is 454 g/mol. The highest BCUT2D eigenvalue weighted by atomic mass is 16.7. The number of hydrogen-bond acceptors (Lipinski definition) is 9. The minimum Gasteiger partial charge on any atom is -0.507 e. The molecule has 0 unspecified atom stereocenters. The maximum absolute atomic E-state index is 13.3. The largest absolute Gasteiger partial charge is 0.507 e. The predicted molar refractivity (Wildman–Crippen MR) is 123 cm³/mol. The van der Waals surface area contributed by atoms with Crippen molar-refractivity contribution >= 4 is 11.6 Å². The first kappa shape index (κ1) is 23.9. The zero-order valence-corrected chi connectivity index (χ0v) is 19.5. The Morgan fingerprint density at radius 2 is 1.71 bits per heavy atom. The standard InChI is InChI=1S/C26H29NO8/c1-3-26(33)9-14-18(16(10-26)35-17-8-15(27)21(28)11(2)34-17)25(32)20-19(24(14)31)22(29)12-6-4-5-7-13(12)23(20)30/h4-7,11,15-17,21,28,31-33H,3,8-10,27H2,1-2H3/t11-,15-,16+,17-,21+,26+/m1/s1. The first-order valence-electron chi connectivity index (χ1n) is 11.8. The molecule has 1 saturated heterocycles. The van der Waals surface area contributed by atoms with Gasteiger partial charge in [0, 0.05) is 47.6 Å². The Morgan fingerprint density at radius 1 is 1.11 bits per heavy atom. The van der Waals surface area contributed by atoms with Crippen molar-refractivity contribution in [1.29, 1.82) is 0 Å². The van der Waals surface area contributed by atoms with Gasteiger partial charge >= 0.3 is 0 Å². The highest BCUT2D eigenvalue weighted by Gasteiger charge is 2.46. The molecule has 186 valence electrons. The number of ether oxygens (including phenoxy) is 2. The minimum absolute atomic E-state index is 0.0331. The van der Waals surface area contributed by atoms with Crippen molar-refractivity contribution in [2.75, 3.05) is 0 Å². The Labute approximate surface area is 202 Å². The third-order valence-corrected chi connectivity index (χ3v) is 7.58. The van der Waals surface area contributed by atoms with Crippen LogP contribution in [0.3, 0.4) is 0 Å². The van der Waals surface area contributed by atoms with Gasteiger partial charge in [-0.15, -0.1) is 0 Å². The van der Waals surface area contributed by atoms with E-state index in [2.05, 4.69) is 0 Å². The molecule has 2 aliphatic carbocycles. The van der Waals surface area contributed by atoms with Crippen molar-refractivity contribution in [2.24, 2.45) is 5.73 Å². The molecule has 9 nitrogen and oxygen atoms in total. The average Bonchev–Trinajstić information content (AvgIpc) is 2.83. The fraction of sp³-hybridized carbons (Fsp3) is 0.462. The predicted octanol–water partition coefficient (Wildman–Crippen LogP) is 1.84. The lowest BCUT2D eigenvalue weighted by Crippen LogP contribution is -2.52. The van der Waals surface area contributed by atoms with Crippen molar-refractivity contribution in [2.45, 2.75) is 75.8 Å². The summed E-state index contributed by atoms with van der Waals surface area (Å²) >= 11 is 0. The lowest BCUT2D eigenvalue weighted by atomic mass is 9.72. The van der Waals surface area contributed by atoms with E-state index in [4.69, 9.17) is 15.2 Å². The summed E-state index contributed by atoms with van der Waals surface area (Å²) in [5, 5.41) is 44.0. The van der Waals surface area contributed by atoms with Gasteiger partial charge < -0.3 is 35.6 Å². The number of ketones is 2. The third-order valence-electron chi connectivity index (χ3n) is 7.58. The summed E-state index contributed by atoms with van der Waals surface area (Å²) in [4.78, 5) is 26.6. The molecule has 0 aromatic heterocycles. The fourth-order valence-electron chi connectivity index (χ4n) is 5.50. The normalized spacial score (nSPS) is 32.1.